The van der Waals surface area contributed by atoms with Crippen LogP contribution in [0.4, 0.5) is 0 Å². The summed E-state index contributed by atoms with van der Waals surface area (Å²) in [6.45, 7) is 0. The van der Waals surface area contributed by atoms with Crippen LogP contribution in [-0.4, -0.2) is 9.97 Å². The Kier molecular flexibility index (Phi) is 4.15. The second-order valence-electron chi connectivity index (χ2n) is 6.87. The molecule has 140 valence electrons. The van der Waals surface area contributed by atoms with E-state index in [2.05, 4.69) is 4.98 Å². The summed E-state index contributed by atoms with van der Waals surface area (Å²) < 4.78 is 14.5. The third-order valence-electron chi connectivity index (χ3n) is 5.10. The molecule has 0 spiro atoms. The summed E-state index contributed by atoms with van der Waals surface area (Å²) in [4.78, 5) is 19.6. The van der Waals surface area contributed by atoms with E-state index in [1.165, 1.54) is 6.07 Å². The Morgan fingerprint density at radius 2 is 1.21 bits per heavy atom. The van der Waals surface area contributed by atoms with Crippen molar-refractivity contribution in [3.05, 3.63) is 107 Å². The van der Waals surface area contributed by atoms with E-state index in [-0.39, 0.29) is 5.56 Å². The highest BCUT2D eigenvalue weighted by atomic mass is 31.2. The number of aromatic amines is 1. The predicted molar refractivity (Wildman–Crippen MR) is 119 cm³/mol. The zero-order valence-corrected chi connectivity index (χ0v) is 16.3. The van der Waals surface area contributed by atoms with Crippen molar-refractivity contribution in [1.29, 1.82) is 0 Å². The summed E-state index contributed by atoms with van der Waals surface area (Å²) in [7, 11) is -3.17. The molecule has 0 saturated carbocycles. The lowest BCUT2D eigenvalue weighted by molar-refractivity contribution is 0.592. The minimum Gasteiger partial charge on any atom is -0.320 e. The van der Waals surface area contributed by atoms with Crippen molar-refractivity contribution in [3.8, 4) is 0 Å². The number of H-pyrrole nitrogens is 1. The summed E-state index contributed by atoms with van der Waals surface area (Å²) >= 11 is 0. The monoisotopic (exact) mass is 396 g/mol. The van der Waals surface area contributed by atoms with Crippen LogP contribution in [-0.2, 0) is 4.57 Å². The molecule has 5 aromatic rings. The quantitative estimate of drug-likeness (QED) is 0.374. The number of hydrogen-bond donors (Lipinski definition) is 1. The van der Waals surface area contributed by atoms with Gasteiger partial charge in [0.25, 0.3) is 0 Å². The number of nitrogens with one attached hydrogen (secondary N) is 1. The third kappa shape index (κ3) is 2.89. The maximum atomic E-state index is 14.5. The van der Waals surface area contributed by atoms with Gasteiger partial charge in [0.1, 0.15) is 5.44 Å². The highest BCUT2D eigenvalue weighted by Gasteiger charge is 2.31. The fourth-order valence-electron chi connectivity index (χ4n) is 3.66. The topological polar surface area (TPSA) is 62.8 Å². The van der Waals surface area contributed by atoms with E-state index in [0.29, 0.717) is 16.5 Å². The maximum absolute atomic E-state index is 14.5. The number of pyridine rings is 2. The first-order valence-corrected chi connectivity index (χ1v) is 11.0. The van der Waals surface area contributed by atoms with Crippen LogP contribution in [0, 0.1) is 0 Å². The van der Waals surface area contributed by atoms with Crippen molar-refractivity contribution in [1.82, 2.24) is 9.97 Å². The first kappa shape index (κ1) is 17.6. The second-order valence-corrected chi connectivity index (χ2v) is 9.58. The molecule has 2 aromatic heterocycles. The second kappa shape index (κ2) is 6.84. The SMILES string of the molecule is O=c1ccc2ccc3ccc(P(=O)(c4ccccc4)c4ccccc4)nc3c2[nH]1. The van der Waals surface area contributed by atoms with Gasteiger partial charge in [-0.2, -0.15) is 0 Å². The van der Waals surface area contributed by atoms with Crippen molar-refractivity contribution in [2.45, 2.75) is 0 Å². The minimum atomic E-state index is -3.17. The van der Waals surface area contributed by atoms with Crippen molar-refractivity contribution >= 4 is 45.0 Å². The van der Waals surface area contributed by atoms with E-state index in [1.54, 1.807) is 6.07 Å². The van der Waals surface area contributed by atoms with E-state index in [4.69, 9.17) is 4.98 Å². The lowest BCUT2D eigenvalue weighted by atomic mass is 10.1. The first-order chi connectivity index (χ1) is 14.2. The van der Waals surface area contributed by atoms with E-state index < -0.39 is 7.14 Å². The molecule has 29 heavy (non-hydrogen) atoms. The lowest BCUT2D eigenvalue weighted by Gasteiger charge is -2.19. The average Bonchev–Trinajstić information content (AvgIpc) is 2.79. The molecule has 2 heterocycles. The minimum absolute atomic E-state index is 0.188. The molecule has 0 fully saturated rings. The Morgan fingerprint density at radius 1 is 0.655 bits per heavy atom. The molecule has 3 aromatic carbocycles. The van der Waals surface area contributed by atoms with E-state index in [0.717, 1.165) is 21.4 Å². The zero-order chi connectivity index (χ0) is 19.8. The molecular formula is C24H17N2O2P. The standard InChI is InChI=1S/C24H17N2O2P/c27-21-15-13-17-11-12-18-14-16-22(26-24(18)23(17)25-21)29(28,19-7-3-1-4-8-19)20-9-5-2-6-10-20/h1-16H,(H,25,27). The van der Waals surface area contributed by atoms with Gasteiger partial charge in [0, 0.05) is 27.4 Å². The summed E-state index contributed by atoms with van der Waals surface area (Å²) in [6.07, 6.45) is 0. The number of nitrogens with zero attached hydrogens (tertiary/aromatic N) is 1. The van der Waals surface area contributed by atoms with Crippen LogP contribution in [0.5, 0.6) is 0 Å². The van der Waals surface area contributed by atoms with Gasteiger partial charge in [-0.05, 0) is 12.1 Å². The maximum Gasteiger partial charge on any atom is 0.248 e. The predicted octanol–water partition coefficient (Wildman–Crippen LogP) is 3.72. The van der Waals surface area contributed by atoms with Gasteiger partial charge in [0.05, 0.1) is 11.0 Å². The average molecular weight is 396 g/mol. The molecule has 0 saturated heterocycles. The summed E-state index contributed by atoms with van der Waals surface area (Å²) in [5.74, 6) is 0. The Hall–Kier alpha value is -3.49. The molecule has 0 atom stereocenters. The zero-order valence-electron chi connectivity index (χ0n) is 15.4. The van der Waals surface area contributed by atoms with Crippen molar-refractivity contribution in [3.63, 3.8) is 0 Å². The van der Waals surface area contributed by atoms with E-state index in [9.17, 15) is 9.36 Å². The van der Waals surface area contributed by atoms with Crippen LogP contribution in [0.15, 0.2) is 102 Å². The van der Waals surface area contributed by atoms with Crippen molar-refractivity contribution in [2.75, 3.05) is 0 Å². The first-order valence-electron chi connectivity index (χ1n) is 9.31. The molecule has 5 heteroatoms. The van der Waals surface area contributed by atoms with Gasteiger partial charge >= 0.3 is 0 Å². The molecule has 0 amide bonds. The Labute approximate surface area is 167 Å². The number of hydrogen-bond acceptors (Lipinski definition) is 3. The molecule has 4 nitrogen and oxygen atoms in total. The van der Waals surface area contributed by atoms with Crippen LogP contribution in [0.3, 0.4) is 0 Å². The Balaban J connectivity index is 1.85. The van der Waals surface area contributed by atoms with Crippen LogP contribution < -0.4 is 21.6 Å². The molecule has 0 unspecified atom stereocenters. The molecule has 0 aliphatic rings. The highest BCUT2D eigenvalue weighted by Crippen LogP contribution is 2.42. The fraction of sp³-hybridized carbons (Fsp3) is 0. The number of rotatable bonds is 3. The fourth-order valence-corrected chi connectivity index (χ4v) is 6.20. The molecule has 5 rings (SSSR count). The van der Waals surface area contributed by atoms with Crippen LogP contribution in [0.2, 0.25) is 0 Å². The van der Waals surface area contributed by atoms with Crippen LogP contribution in [0.1, 0.15) is 0 Å². The lowest BCUT2D eigenvalue weighted by Crippen LogP contribution is -2.27. The van der Waals surface area contributed by atoms with Gasteiger partial charge in [-0.1, -0.05) is 78.9 Å². The van der Waals surface area contributed by atoms with E-state index in [1.807, 2.05) is 84.9 Å². The normalized spacial score (nSPS) is 11.7. The van der Waals surface area contributed by atoms with Gasteiger partial charge in [0.15, 0.2) is 7.14 Å². The highest BCUT2D eigenvalue weighted by molar-refractivity contribution is 7.85. The number of aromatic nitrogens is 2. The molecule has 0 aliphatic heterocycles. The number of benzene rings is 3. The van der Waals surface area contributed by atoms with Gasteiger partial charge in [-0.15, -0.1) is 0 Å². The molecule has 1 N–H and O–H groups in total. The summed E-state index contributed by atoms with van der Waals surface area (Å²) in [6, 6.07) is 29.8. The van der Waals surface area contributed by atoms with Gasteiger partial charge < -0.3 is 9.55 Å². The Bertz CT molecular complexity index is 1400. The van der Waals surface area contributed by atoms with Gasteiger partial charge in [-0.25, -0.2) is 4.98 Å². The van der Waals surface area contributed by atoms with E-state index >= 15 is 0 Å². The summed E-state index contributed by atoms with van der Waals surface area (Å²) in [5, 5.41) is 3.23. The van der Waals surface area contributed by atoms with Gasteiger partial charge in [0.2, 0.25) is 5.56 Å². The van der Waals surface area contributed by atoms with Crippen LogP contribution in [0.25, 0.3) is 21.8 Å². The van der Waals surface area contributed by atoms with Crippen molar-refractivity contribution in [2.24, 2.45) is 0 Å². The Morgan fingerprint density at radius 3 is 1.86 bits per heavy atom. The smallest absolute Gasteiger partial charge is 0.248 e. The van der Waals surface area contributed by atoms with Crippen LogP contribution >= 0.6 is 7.14 Å². The molecule has 0 bridgehead atoms. The summed E-state index contributed by atoms with van der Waals surface area (Å²) in [5.41, 5.74) is 1.61. The number of fused-ring (bicyclic) bond motifs is 3. The molecule has 0 radical (unpaired) electrons. The van der Waals surface area contributed by atoms with Gasteiger partial charge in [-0.3, -0.25) is 4.79 Å². The van der Waals surface area contributed by atoms with Crippen molar-refractivity contribution < 1.29 is 4.57 Å². The molecular weight excluding hydrogens is 379 g/mol. The molecule has 0 aliphatic carbocycles. The third-order valence-corrected chi connectivity index (χ3v) is 8.05. The largest absolute Gasteiger partial charge is 0.320 e.